The minimum atomic E-state index is -0.335. The molecule has 1 atom stereocenters. The Balaban J connectivity index is 1.45. The first-order chi connectivity index (χ1) is 11.5. The molecule has 3 rings (SSSR count). The molecule has 0 radical (unpaired) electrons. The summed E-state index contributed by atoms with van der Waals surface area (Å²) in [5.41, 5.74) is 1.96. The molecule has 6 heteroatoms. The summed E-state index contributed by atoms with van der Waals surface area (Å²) >= 11 is 0. The quantitative estimate of drug-likeness (QED) is 0.764. The Bertz CT molecular complexity index is 637. The van der Waals surface area contributed by atoms with Gasteiger partial charge in [0.1, 0.15) is 0 Å². The molecule has 6 nitrogen and oxygen atoms in total. The molecule has 0 bridgehead atoms. The van der Waals surface area contributed by atoms with Gasteiger partial charge in [-0.3, -0.25) is 14.4 Å². The fourth-order valence-corrected chi connectivity index (χ4v) is 2.86. The molecule has 1 aromatic carbocycles. The van der Waals surface area contributed by atoms with Crippen LogP contribution in [-0.4, -0.2) is 37.4 Å². The molecule has 1 unspecified atom stereocenters. The summed E-state index contributed by atoms with van der Waals surface area (Å²) in [4.78, 5) is 37.5. The van der Waals surface area contributed by atoms with Crippen molar-refractivity contribution in [1.82, 2.24) is 10.6 Å². The second kappa shape index (κ2) is 7.03. The zero-order valence-electron chi connectivity index (χ0n) is 13.9. The Morgan fingerprint density at radius 3 is 2.21 bits per heavy atom. The average molecular weight is 329 g/mol. The lowest BCUT2D eigenvalue weighted by atomic mass is 10.1. The van der Waals surface area contributed by atoms with Crippen LogP contribution in [0.5, 0.6) is 0 Å². The molecule has 24 heavy (non-hydrogen) atoms. The number of rotatable bonds is 6. The average Bonchev–Trinajstić information content (AvgIpc) is 3.35. The fourth-order valence-electron chi connectivity index (χ4n) is 2.86. The van der Waals surface area contributed by atoms with E-state index in [2.05, 4.69) is 10.6 Å². The number of hydrogen-bond acceptors (Lipinski definition) is 3. The van der Waals surface area contributed by atoms with Gasteiger partial charge < -0.3 is 15.5 Å². The molecule has 1 aromatic rings. The van der Waals surface area contributed by atoms with Crippen LogP contribution in [0.4, 0.5) is 5.69 Å². The van der Waals surface area contributed by atoms with Crippen molar-refractivity contribution in [3.05, 3.63) is 29.8 Å². The molecule has 128 valence electrons. The summed E-state index contributed by atoms with van der Waals surface area (Å²) in [5, 5.41) is 5.62. The number of amides is 3. The number of carbonyl (C=O) groups is 3. The third kappa shape index (κ3) is 3.93. The summed E-state index contributed by atoms with van der Waals surface area (Å²) in [6, 6.07) is 7.72. The molecule has 2 fully saturated rings. The van der Waals surface area contributed by atoms with Gasteiger partial charge in [0.05, 0.1) is 5.92 Å². The largest absolute Gasteiger partial charge is 0.354 e. The predicted octanol–water partition coefficient (Wildman–Crippen LogP) is 0.990. The minimum Gasteiger partial charge on any atom is -0.354 e. The van der Waals surface area contributed by atoms with E-state index in [1.807, 2.05) is 31.2 Å². The van der Waals surface area contributed by atoms with E-state index in [1.54, 1.807) is 4.90 Å². The second-order valence-electron chi connectivity index (χ2n) is 6.60. The number of nitrogens with one attached hydrogen (secondary N) is 2. The van der Waals surface area contributed by atoms with Crippen LogP contribution in [0.3, 0.4) is 0 Å². The van der Waals surface area contributed by atoms with Gasteiger partial charge in [-0.15, -0.1) is 0 Å². The van der Waals surface area contributed by atoms with Gasteiger partial charge in [0.15, 0.2) is 0 Å². The Hall–Kier alpha value is -2.37. The van der Waals surface area contributed by atoms with Crippen molar-refractivity contribution in [2.24, 2.45) is 11.8 Å². The van der Waals surface area contributed by atoms with Crippen LogP contribution in [0.15, 0.2) is 24.3 Å². The smallest absolute Gasteiger partial charge is 0.227 e. The highest BCUT2D eigenvalue weighted by atomic mass is 16.2. The number of aryl methyl sites for hydroxylation is 1. The molecule has 3 amide bonds. The van der Waals surface area contributed by atoms with Gasteiger partial charge in [0.2, 0.25) is 17.7 Å². The Morgan fingerprint density at radius 2 is 1.62 bits per heavy atom. The molecule has 0 spiro atoms. The lowest BCUT2D eigenvalue weighted by molar-refractivity contribution is -0.126. The molecule has 1 aliphatic heterocycles. The van der Waals surface area contributed by atoms with Crippen molar-refractivity contribution in [2.45, 2.75) is 26.2 Å². The van der Waals surface area contributed by atoms with Gasteiger partial charge in [-0.2, -0.15) is 0 Å². The Kier molecular flexibility index (Phi) is 4.83. The van der Waals surface area contributed by atoms with E-state index < -0.39 is 0 Å². The summed E-state index contributed by atoms with van der Waals surface area (Å²) in [5.74, 6) is -0.236. The van der Waals surface area contributed by atoms with Crippen LogP contribution in [0.1, 0.15) is 24.8 Å². The van der Waals surface area contributed by atoms with Gasteiger partial charge >= 0.3 is 0 Å². The highest BCUT2D eigenvalue weighted by Crippen LogP contribution is 2.28. The molecular weight excluding hydrogens is 306 g/mol. The molecule has 2 N–H and O–H groups in total. The lowest BCUT2D eigenvalue weighted by Crippen LogP contribution is -2.38. The predicted molar refractivity (Wildman–Crippen MR) is 90.4 cm³/mol. The van der Waals surface area contributed by atoms with Gasteiger partial charge in [-0.05, 0) is 31.9 Å². The van der Waals surface area contributed by atoms with E-state index in [4.69, 9.17) is 0 Å². The van der Waals surface area contributed by atoms with Crippen molar-refractivity contribution < 1.29 is 14.4 Å². The maximum absolute atomic E-state index is 12.2. The standard InChI is InChI=1S/C18H23N3O3/c1-12-2-6-15(7-3-12)21-11-14(10-16(21)22)18(24)20-9-8-19-17(23)13-4-5-13/h2-3,6-7,13-14H,4-5,8-11H2,1H3,(H,19,23)(H,20,24). The first-order valence-electron chi connectivity index (χ1n) is 8.47. The van der Waals surface area contributed by atoms with Gasteiger partial charge in [-0.25, -0.2) is 0 Å². The van der Waals surface area contributed by atoms with Crippen molar-refractivity contribution in [3.8, 4) is 0 Å². The summed E-state index contributed by atoms with van der Waals surface area (Å²) in [6.07, 6.45) is 2.17. The van der Waals surface area contributed by atoms with Crippen molar-refractivity contribution in [2.75, 3.05) is 24.5 Å². The highest BCUT2D eigenvalue weighted by Gasteiger charge is 2.35. The molecule has 1 heterocycles. The van der Waals surface area contributed by atoms with Crippen LogP contribution in [0.2, 0.25) is 0 Å². The van der Waals surface area contributed by atoms with E-state index >= 15 is 0 Å². The highest BCUT2D eigenvalue weighted by molar-refractivity contribution is 6.00. The van der Waals surface area contributed by atoms with E-state index in [9.17, 15) is 14.4 Å². The Labute approximate surface area is 141 Å². The van der Waals surface area contributed by atoms with Crippen LogP contribution in [0.25, 0.3) is 0 Å². The maximum Gasteiger partial charge on any atom is 0.227 e. The molecule has 0 aromatic heterocycles. The molecule has 1 aliphatic carbocycles. The van der Waals surface area contributed by atoms with E-state index in [0.717, 1.165) is 24.1 Å². The van der Waals surface area contributed by atoms with Crippen LogP contribution < -0.4 is 15.5 Å². The van der Waals surface area contributed by atoms with E-state index in [-0.39, 0.29) is 36.0 Å². The zero-order valence-corrected chi connectivity index (χ0v) is 13.9. The molecule has 2 aliphatic rings. The number of carbonyl (C=O) groups excluding carboxylic acids is 3. The van der Waals surface area contributed by atoms with Crippen molar-refractivity contribution >= 4 is 23.4 Å². The first kappa shape index (κ1) is 16.5. The summed E-state index contributed by atoms with van der Waals surface area (Å²) in [7, 11) is 0. The third-order valence-corrected chi connectivity index (χ3v) is 4.51. The number of anilines is 1. The van der Waals surface area contributed by atoms with Crippen molar-refractivity contribution in [3.63, 3.8) is 0 Å². The monoisotopic (exact) mass is 329 g/mol. The second-order valence-corrected chi connectivity index (χ2v) is 6.60. The number of nitrogens with zero attached hydrogens (tertiary/aromatic N) is 1. The Morgan fingerprint density at radius 1 is 1.04 bits per heavy atom. The normalized spacial score (nSPS) is 20.1. The first-order valence-corrected chi connectivity index (χ1v) is 8.47. The summed E-state index contributed by atoms with van der Waals surface area (Å²) < 4.78 is 0. The van der Waals surface area contributed by atoms with Crippen LogP contribution in [-0.2, 0) is 14.4 Å². The van der Waals surface area contributed by atoms with Crippen LogP contribution >= 0.6 is 0 Å². The number of hydrogen-bond donors (Lipinski definition) is 2. The third-order valence-electron chi connectivity index (χ3n) is 4.51. The lowest BCUT2D eigenvalue weighted by Gasteiger charge is -2.17. The molecule has 1 saturated carbocycles. The fraction of sp³-hybridized carbons (Fsp3) is 0.500. The van der Waals surface area contributed by atoms with E-state index in [0.29, 0.717) is 19.6 Å². The SMILES string of the molecule is Cc1ccc(N2CC(C(=O)NCCNC(=O)C3CC3)CC2=O)cc1. The maximum atomic E-state index is 12.2. The molecular formula is C18H23N3O3. The van der Waals surface area contributed by atoms with E-state index in [1.165, 1.54) is 0 Å². The topological polar surface area (TPSA) is 78.5 Å². The van der Waals surface area contributed by atoms with Crippen LogP contribution in [0, 0.1) is 18.8 Å². The van der Waals surface area contributed by atoms with Gasteiger partial charge in [0, 0.05) is 37.7 Å². The van der Waals surface area contributed by atoms with Gasteiger partial charge in [0.25, 0.3) is 0 Å². The number of benzene rings is 1. The molecule has 1 saturated heterocycles. The minimum absolute atomic E-state index is 0.0268. The van der Waals surface area contributed by atoms with Crippen molar-refractivity contribution in [1.29, 1.82) is 0 Å². The zero-order chi connectivity index (χ0) is 17.1. The van der Waals surface area contributed by atoms with Gasteiger partial charge in [-0.1, -0.05) is 17.7 Å². The summed E-state index contributed by atoms with van der Waals surface area (Å²) in [6.45, 7) is 3.23.